The summed E-state index contributed by atoms with van der Waals surface area (Å²) in [6.45, 7) is 3.52. The summed E-state index contributed by atoms with van der Waals surface area (Å²) in [7, 11) is 0. The van der Waals surface area contributed by atoms with Crippen molar-refractivity contribution in [1.29, 1.82) is 0 Å². The topological polar surface area (TPSA) is 139 Å². The fourth-order valence-electron chi connectivity index (χ4n) is 4.20. The van der Waals surface area contributed by atoms with Gasteiger partial charge in [0.15, 0.2) is 0 Å². The number of carbonyl (C=O) groups excluding carboxylic acids is 1. The van der Waals surface area contributed by atoms with E-state index in [-0.39, 0.29) is 0 Å². The third-order valence-electron chi connectivity index (χ3n) is 5.79. The van der Waals surface area contributed by atoms with Gasteiger partial charge in [0.25, 0.3) is 0 Å². The number of fused-ring (bicyclic) bond motifs is 1. The lowest BCUT2D eigenvalue weighted by Gasteiger charge is -2.37. The number of aromatic nitrogens is 2. The predicted molar refractivity (Wildman–Crippen MR) is 125 cm³/mol. The van der Waals surface area contributed by atoms with Gasteiger partial charge in [-0.1, -0.05) is 12.1 Å². The number of carboxylic acid groups (broad SMARTS) is 2. The van der Waals surface area contributed by atoms with Crippen LogP contribution in [-0.2, 0) is 20.9 Å². The van der Waals surface area contributed by atoms with Crippen molar-refractivity contribution in [3.8, 4) is 0 Å². The number of hydrogen-bond acceptors (Lipinski definition) is 6. The van der Waals surface area contributed by atoms with E-state index in [1.807, 2.05) is 23.2 Å². The Labute approximate surface area is 195 Å². The first-order valence-electron chi connectivity index (χ1n) is 10.8. The van der Waals surface area contributed by atoms with Crippen LogP contribution >= 0.6 is 0 Å². The first-order valence-corrected chi connectivity index (χ1v) is 10.8. The smallest absolute Gasteiger partial charge is 0.328 e. The second-order valence-electron chi connectivity index (χ2n) is 8.08. The number of aliphatic carboxylic acids is 2. The van der Waals surface area contributed by atoms with Crippen LogP contribution in [0, 0.1) is 0 Å². The molecule has 1 saturated heterocycles. The molecule has 10 nitrogen and oxygen atoms in total. The molecular weight excluding hydrogens is 438 g/mol. The predicted octanol–water partition coefficient (Wildman–Crippen LogP) is 2.09. The maximum atomic E-state index is 12.3. The van der Waals surface area contributed by atoms with E-state index < -0.39 is 23.9 Å². The lowest BCUT2D eigenvalue weighted by molar-refractivity contribution is -0.144. The van der Waals surface area contributed by atoms with Crippen molar-refractivity contribution in [3.63, 3.8) is 0 Å². The van der Waals surface area contributed by atoms with E-state index in [9.17, 15) is 19.5 Å². The Balaban J connectivity index is 1.46. The first-order chi connectivity index (χ1) is 16.4. The minimum Gasteiger partial charge on any atom is -0.480 e. The van der Waals surface area contributed by atoms with Crippen LogP contribution in [0.2, 0.25) is 0 Å². The Morgan fingerprint density at radius 1 is 1.12 bits per heavy atom. The zero-order valence-electron chi connectivity index (χ0n) is 18.3. The van der Waals surface area contributed by atoms with Gasteiger partial charge in [-0.2, -0.15) is 0 Å². The Hall–Kier alpha value is -4.02. The molecule has 0 aliphatic carbocycles. The molecule has 176 valence electrons. The highest BCUT2D eigenvalue weighted by Gasteiger charge is 2.32. The highest BCUT2D eigenvalue weighted by atomic mass is 16.4. The summed E-state index contributed by atoms with van der Waals surface area (Å²) in [5, 5.41) is 22.0. The van der Waals surface area contributed by atoms with Crippen molar-refractivity contribution >= 4 is 34.4 Å². The van der Waals surface area contributed by atoms with Crippen LogP contribution in [0.5, 0.6) is 0 Å². The van der Waals surface area contributed by atoms with Crippen LogP contribution in [0.4, 0.5) is 5.69 Å². The second-order valence-corrected chi connectivity index (χ2v) is 8.08. The average Bonchev–Trinajstić information content (AvgIpc) is 3.22. The Morgan fingerprint density at radius 3 is 2.59 bits per heavy atom. The van der Waals surface area contributed by atoms with Gasteiger partial charge in [-0.15, -0.1) is 0 Å². The molecule has 1 fully saturated rings. The molecule has 0 radical (unpaired) electrons. The van der Waals surface area contributed by atoms with Crippen molar-refractivity contribution in [2.45, 2.75) is 12.6 Å². The third kappa shape index (κ3) is 5.48. The van der Waals surface area contributed by atoms with Gasteiger partial charge in [0.2, 0.25) is 5.91 Å². The average molecular weight is 463 g/mol. The van der Waals surface area contributed by atoms with E-state index in [0.29, 0.717) is 29.9 Å². The maximum Gasteiger partial charge on any atom is 0.328 e. The molecule has 1 aromatic carbocycles. The van der Waals surface area contributed by atoms with Gasteiger partial charge in [-0.3, -0.25) is 24.4 Å². The van der Waals surface area contributed by atoms with E-state index in [0.717, 1.165) is 42.7 Å². The third-order valence-corrected chi connectivity index (χ3v) is 5.79. The van der Waals surface area contributed by atoms with Crippen molar-refractivity contribution in [2.75, 3.05) is 31.5 Å². The number of carbonyl (C=O) groups is 3. The standard InChI is InChI=1S/C24H25N5O5/c30-21(5-6-22(31)32)27-17-3-4-18-19(14-26-20(18)12-17)23(24(33)34)29-10-8-28(9-11-29)15-16-2-1-7-25-13-16/h1-7,12-14,23,26H,8-11,15H2,(H,27,30)(H,31,32)(H,33,34)/b6-5+/t23-/m0/s1. The Morgan fingerprint density at radius 2 is 1.91 bits per heavy atom. The molecule has 34 heavy (non-hydrogen) atoms. The molecule has 4 rings (SSSR count). The number of piperazine rings is 1. The fourth-order valence-corrected chi connectivity index (χ4v) is 4.20. The number of amides is 1. The minimum absolute atomic E-state index is 0.469. The Kier molecular flexibility index (Phi) is 7.00. The van der Waals surface area contributed by atoms with Crippen LogP contribution in [-0.4, -0.2) is 74.0 Å². The minimum atomic E-state index is -1.21. The van der Waals surface area contributed by atoms with Gasteiger partial charge in [0, 0.05) is 85.6 Å². The number of nitrogens with zero attached hydrogens (tertiary/aromatic N) is 3. The first kappa shape index (κ1) is 23.1. The van der Waals surface area contributed by atoms with Gasteiger partial charge >= 0.3 is 11.9 Å². The summed E-state index contributed by atoms with van der Waals surface area (Å²) < 4.78 is 0. The van der Waals surface area contributed by atoms with E-state index in [1.165, 1.54) is 0 Å². The molecular formula is C24H25N5O5. The summed E-state index contributed by atoms with van der Waals surface area (Å²) in [5.41, 5.74) is 2.93. The molecule has 2 aromatic heterocycles. The highest BCUT2D eigenvalue weighted by molar-refractivity contribution is 6.03. The fraction of sp³-hybridized carbons (Fsp3) is 0.250. The van der Waals surface area contributed by atoms with E-state index >= 15 is 0 Å². The molecule has 0 unspecified atom stereocenters. The number of hydrogen-bond donors (Lipinski definition) is 4. The SMILES string of the molecule is O=C(O)/C=C/C(=O)Nc1ccc2c([C@@H](C(=O)O)N3CCN(Cc4cccnc4)CC3)c[nH]c2c1. The molecule has 1 amide bonds. The number of aromatic amines is 1. The number of anilines is 1. The van der Waals surface area contributed by atoms with Gasteiger partial charge < -0.3 is 20.5 Å². The van der Waals surface area contributed by atoms with Crippen molar-refractivity contribution in [2.24, 2.45) is 0 Å². The summed E-state index contributed by atoms with van der Waals surface area (Å²) >= 11 is 0. The zero-order chi connectivity index (χ0) is 24.1. The molecule has 4 N–H and O–H groups in total. The van der Waals surface area contributed by atoms with Gasteiger partial charge in [0.05, 0.1) is 0 Å². The quantitative estimate of drug-likeness (QED) is 0.373. The van der Waals surface area contributed by atoms with Crippen molar-refractivity contribution < 1.29 is 24.6 Å². The molecule has 10 heteroatoms. The summed E-state index contributed by atoms with van der Waals surface area (Å²) in [4.78, 5) is 46.2. The normalized spacial score (nSPS) is 16.0. The summed E-state index contributed by atoms with van der Waals surface area (Å²) in [6, 6.07) is 8.25. The number of rotatable bonds is 8. The van der Waals surface area contributed by atoms with Crippen LogP contribution in [0.15, 0.2) is 61.1 Å². The van der Waals surface area contributed by atoms with Crippen LogP contribution in [0.25, 0.3) is 10.9 Å². The monoisotopic (exact) mass is 463 g/mol. The van der Waals surface area contributed by atoms with Crippen molar-refractivity contribution in [1.82, 2.24) is 19.8 Å². The Bertz CT molecular complexity index is 1210. The number of pyridine rings is 1. The van der Waals surface area contributed by atoms with E-state index in [2.05, 4.69) is 20.2 Å². The number of benzene rings is 1. The van der Waals surface area contributed by atoms with Gasteiger partial charge in [0.1, 0.15) is 6.04 Å². The molecule has 1 atom stereocenters. The zero-order valence-corrected chi connectivity index (χ0v) is 18.3. The molecule has 0 spiro atoms. The second kappa shape index (κ2) is 10.3. The number of nitrogens with one attached hydrogen (secondary N) is 2. The lowest BCUT2D eigenvalue weighted by Crippen LogP contribution is -2.48. The lowest BCUT2D eigenvalue weighted by atomic mass is 10.0. The van der Waals surface area contributed by atoms with Crippen LogP contribution in [0.1, 0.15) is 17.2 Å². The number of carboxylic acids is 2. The van der Waals surface area contributed by atoms with E-state index in [1.54, 1.807) is 30.6 Å². The van der Waals surface area contributed by atoms with Gasteiger partial charge in [-0.25, -0.2) is 4.79 Å². The van der Waals surface area contributed by atoms with E-state index in [4.69, 9.17) is 5.11 Å². The molecule has 0 bridgehead atoms. The summed E-state index contributed by atoms with van der Waals surface area (Å²) in [6.07, 6.45) is 6.97. The highest BCUT2D eigenvalue weighted by Crippen LogP contribution is 2.31. The van der Waals surface area contributed by atoms with Gasteiger partial charge in [-0.05, 0) is 23.8 Å². The van der Waals surface area contributed by atoms with Crippen molar-refractivity contribution in [3.05, 3.63) is 72.2 Å². The molecule has 3 aromatic rings. The largest absolute Gasteiger partial charge is 0.480 e. The van der Waals surface area contributed by atoms with Crippen LogP contribution in [0.3, 0.4) is 0 Å². The molecule has 1 aliphatic rings. The maximum absolute atomic E-state index is 12.3. The molecule has 3 heterocycles. The number of H-pyrrole nitrogens is 1. The van der Waals surface area contributed by atoms with Crippen LogP contribution < -0.4 is 5.32 Å². The summed E-state index contributed by atoms with van der Waals surface area (Å²) in [5.74, 6) is -2.70. The molecule has 1 aliphatic heterocycles. The molecule has 0 saturated carbocycles.